The molecule has 0 aromatic carbocycles. The number of hydrogen-bond acceptors (Lipinski definition) is 8. The summed E-state index contributed by atoms with van der Waals surface area (Å²) in [5, 5.41) is 12.2. The first-order valence-electron chi connectivity index (χ1n) is 10.0. The maximum Gasteiger partial charge on any atom is 0.344 e. The van der Waals surface area contributed by atoms with Crippen molar-refractivity contribution < 1.29 is 19.1 Å². The van der Waals surface area contributed by atoms with Crippen LogP contribution in [-0.4, -0.2) is 51.7 Å². The predicted octanol–water partition coefficient (Wildman–Crippen LogP) is 2.60. The third-order valence-electron chi connectivity index (χ3n) is 5.03. The molecule has 2 fully saturated rings. The molecule has 0 spiro atoms. The second-order valence-electron chi connectivity index (χ2n) is 7.28. The quantitative estimate of drug-likeness (QED) is 0.444. The number of aromatic amines is 1. The topological polar surface area (TPSA) is 115 Å². The van der Waals surface area contributed by atoms with Crippen molar-refractivity contribution in [3.63, 3.8) is 0 Å². The van der Waals surface area contributed by atoms with Crippen molar-refractivity contribution in [2.24, 2.45) is 0 Å². The molecule has 30 heavy (non-hydrogen) atoms. The molecule has 1 unspecified atom stereocenters. The zero-order chi connectivity index (χ0) is 21.1. The largest absolute Gasteiger partial charge is 0.462 e. The molecule has 2 aromatic rings. The van der Waals surface area contributed by atoms with E-state index in [0.717, 1.165) is 31.2 Å². The summed E-state index contributed by atoms with van der Waals surface area (Å²) in [5.41, 5.74) is 1.11. The Morgan fingerprint density at radius 2 is 2.27 bits per heavy atom. The number of aromatic nitrogens is 3. The molecule has 3 heterocycles. The van der Waals surface area contributed by atoms with Gasteiger partial charge in [0, 0.05) is 6.61 Å². The first kappa shape index (κ1) is 21.1. The lowest BCUT2D eigenvalue weighted by Crippen LogP contribution is -2.25. The van der Waals surface area contributed by atoms with E-state index >= 15 is 0 Å². The Morgan fingerprint density at radius 3 is 2.97 bits per heavy atom. The van der Waals surface area contributed by atoms with Gasteiger partial charge in [-0.25, -0.2) is 14.7 Å². The average molecular weight is 453 g/mol. The van der Waals surface area contributed by atoms with Crippen molar-refractivity contribution in [2.75, 3.05) is 24.3 Å². The van der Waals surface area contributed by atoms with Crippen LogP contribution < -0.4 is 11.0 Å². The SMILES string of the molecule is CCOC(=O)c1c(C2CC2)csc1NC(=O)CSc1n[nH]c(=O)n1CC1CCCO1. The summed E-state index contributed by atoms with van der Waals surface area (Å²) in [5.74, 6) is -0.235. The highest BCUT2D eigenvalue weighted by molar-refractivity contribution is 7.99. The molecule has 2 aromatic heterocycles. The average Bonchev–Trinajstić information content (AvgIpc) is 3.11. The van der Waals surface area contributed by atoms with Gasteiger partial charge in [0.15, 0.2) is 5.16 Å². The van der Waals surface area contributed by atoms with Gasteiger partial charge in [-0.15, -0.1) is 16.4 Å². The molecular formula is C19H24N4O5S2. The number of carbonyl (C=O) groups excluding carboxylic acids is 2. The van der Waals surface area contributed by atoms with Crippen LogP contribution in [0.15, 0.2) is 15.3 Å². The Morgan fingerprint density at radius 1 is 1.43 bits per heavy atom. The highest BCUT2D eigenvalue weighted by atomic mass is 32.2. The summed E-state index contributed by atoms with van der Waals surface area (Å²) < 4.78 is 12.3. The van der Waals surface area contributed by atoms with Crippen molar-refractivity contribution in [1.29, 1.82) is 0 Å². The second-order valence-corrected chi connectivity index (χ2v) is 9.11. The summed E-state index contributed by atoms with van der Waals surface area (Å²) >= 11 is 2.51. The smallest absolute Gasteiger partial charge is 0.344 e. The highest BCUT2D eigenvalue weighted by Crippen LogP contribution is 2.46. The van der Waals surface area contributed by atoms with Crippen molar-refractivity contribution in [3.8, 4) is 0 Å². The Bertz CT molecular complexity index is 972. The standard InChI is InChI=1S/C19H24N4O5S2/c1-2-27-17(25)15-13(11-5-6-11)9-29-16(15)20-14(24)10-30-19-22-21-18(26)23(19)8-12-4-3-7-28-12/h9,11-12H,2-8,10H2,1H3,(H,20,24)(H,21,26). The van der Waals surface area contributed by atoms with Gasteiger partial charge in [0.2, 0.25) is 5.91 Å². The summed E-state index contributed by atoms with van der Waals surface area (Å²) in [4.78, 5) is 37.0. The van der Waals surface area contributed by atoms with E-state index < -0.39 is 5.97 Å². The van der Waals surface area contributed by atoms with Gasteiger partial charge >= 0.3 is 11.7 Å². The van der Waals surface area contributed by atoms with Crippen LogP contribution in [0.4, 0.5) is 5.00 Å². The van der Waals surface area contributed by atoms with E-state index in [1.54, 1.807) is 6.92 Å². The normalized spacial score (nSPS) is 18.5. The summed E-state index contributed by atoms with van der Waals surface area (Å²) in [6.45, 7) is 3.16. The minimum Gasteiger partial charge on any atom is -0.462 e. The van der Waals surface area contributed by atoms with Crippen LogP contribution in [0.1, 0.15) is 54.4 Å². The highest BCUT2D eigenvalue weighted by Gasteiger charge is 2.32. The fourth-order valence-electron chi connectivity index (χ4n) is 3.43. The molecular weight excluding hydrogens is 428 g/mol. The molecule has 1 aliphatic carbocycles. The molecule has 1 saturated heterocycles. The van der Waals surface area contributed by atoms with E-state index in [2.05, 4.69) is 15.5 Å². The maximum atomic E-state index is 12.5. The lowest BCUT2D eigenvalue weighted by atomic mass is 10.1. The monoisotopic (exact) mass is 452 g/mol. The van der Waals surface area contributed by atoms with Crippen molar-refractivity contribution in [1.82, 2.24) is 14.8 Å². The van der Waals surface area contributed by atoms with Gasteiger partial charge in [0.1, 0.15) is 5.00 Å². The minimum atomic E-state index is -0.402. The number of carbonyl (C=O) groups is 2. The molecule has 2 N–H and O–H groups in total. The molecule has 0 radical (unpaired) electrons. The number of rotatable bonds is 9. The van der Waals surface area contributed by atoms with E-state index in [4.69, 9.17) is 9.47 Å². The summed E-state index contributed by atoms with van der Waals surface area (Å²) in [6.07, 6.45) is 3.98. The van der Waals surface area contributed by atoms with Gasteiger partial charge in [-0.2, -0.15) is 0 Å². The Kier molecular flexibility index (Phi) is 6.59. The second kappa shape index (κ2) is 9.36. The van der Waals surface area contributed by atoms with Gasteiger partial charge in [0.25, 0.3) is 0 Å². The molecule has 1 amide bonds. The van der Waals surface area contributed by atoms with E-state index in [9.17, 15) is 14.4 Å². The number of esters is 1. The maximum absolute atomic E-state index is 12.5. The van der Waals surface area contributed by atoms with Gasteiger partial charge in [-0.05, 0) is 49.5 Å². The molecule has 9 nitrogen and oxygen atoms in total. The molecule has 11 heteroatoms. The molecule has 4 rings (SSSR count). The lowest BCUT2D eigenvalue weighted by Gasteiger charge is -2.11. The lowest BCUT2D eigenvalue weighted by molar-refractivity contribution is -0.113. The first-order valence-corrected chi connectivity index (χ1v) is 11.9. The summed E-state index contributed by atoms with van der Waals surface area (Å²) in [7, 11) is 0. The van der Waals surface area contributed by atoms with Crippen LogP contribution in [0.5, 0.6) is 0 Å². The predicted molar refractivity (Wildman–Crippen MR) is 113 cm³/mol. The van der Waals surface area contributed by atoms with E-state index in [-0.39, 0.29) is 30.1 Å². The van der Waals surface area contributed by atoms with E-state index in [1.165, 1.54) is 27.7 Å². The van der Waals surface area contributed by atoms with Crippen molar-refractivity contribution in [3.05, 3.63) is 27.0 Å². The number of nitrogens with zero attached hydrogens (tertiary/aromatic N) is 2. The van der Waals surface area contributed by atoms with Crippen LogP contribution in [0.2, 0.25) is 0 Å². The van der Waals surface area contributed by atoms with Crippen molar-refractivity contribution >= 4 is 40.0 Å². The number of ether oxygens (including phenoxy) is 2. The van der Waals surface area contributed by atoms with Crippen LogP contribution in [0, 0.1) is 0 Å². The Labute approximate surface area is 181 Å². The van der Waals surface area contributed by atoms with E-state index in [0.29, 0.717) is 34.8 Å². The molecule has 162 valence electrons. The number of amides is 1. The number of thioether (sulfide) groups is 1. The third-order valence-corrected chi connectivity index (χ3v) is 6.93. The third kappa shape index (κ3) is 4.79. The molecule has 1 saturated carbocycles. The first-order chi connectivity index (χ1) is 14.6. The van der Waals surface area contributed by atoms with Crippen molar-refractivity contribution in [2.45, 2.75) is 56.3 Å². The van der Waals surface area contributed by atoms with Gasteiger partial charge in [0.05, 0.1) is 30.6 Å². The Hall–Kier alpha value is -2.11. The van der Waals surface area contributed by atoms with Gasteiger partial charge < -0.3 is 14.8 Å². The molecule has 2 aliphatic rings. The summed E-state index contributed by atoms with van der Waals surface area (Å²) in [6, 6.07) is 0. The van der Waals surface area contributed by atoms with Gasteiger partial charge in [-0.3, -0.25) is 9.36 Å². The molecule has 1 atom stereocenters. The molecule has 0 bridgehead atoms. The number of hydrogen-bond donors (Lipinski definition) is 2. The van der Waals surface area contributed by atoms with E-state index in [1.807, 2.05) is 5.38 Å². The van der Waals surface area contributed by atoms with Crippen LogP contribution in [0.25, 0.3) is 0 Å². The van der Waals surface area contributed by atoms with Crippen LogP contribution in [0.3, 0.4) is 0 Å². The van der Waals surface area contributed by atoms with Crippen LogP contribution in [-0.2, 0) is 20.8 Å². The fourth-order valence-corrected chi connectivity index (χ4v) is 5.23. The Balaban J connectivity index is 1.40. The van der Waals surface area contributed by atoms with Crippen LogP contribution >= 0.6 is 23.1 Å². The number of H-pyrrole nitrogens is 1. The number of anilines is 1. The number of thiophene rings is 1. The fraction of sp³-hybridized carbons (Fsp3) is 0.579. The zero-order valence-corrected chi connectivity index (χ0v) is 18.3. The van der Waals surface area contributed by atoms with Gasteiger partial charge in [-0.1, -0.05) is 11.8 Å². The molecule has 1 aliphatic heterocycles. The number of nitrogens with one attached hydrogen (secondary N) is 2. The minimum absolute atomic E-state index is 0.00687. The zero-order valence-electron chi connectivity index (χ0n) is 16.6.